The van der Waals surface area contributed by atoms with Crippen molar-refractivity contribution in [3.8, 4) is 11.5 Å². The van der Waals surface area contributed by atoms with Gasteiger partial charge in [-0.2, -0.15) is 0 Å². The maximum atomic E-state index is 11.8. The van der Waals surface area contributed by atoms with E-state index in [2.05, 4.69) is 10.3 Å². The van der Waals surface area contributed by atoms with Crippen molar-refractivity contribution in [2.45, 2.75) is 6.61 Å². The Morgan fingerprint density at radius 1 is 1.24 bits per heavy atom. The number of methoxy groups -OCH3 is 1. The average Bonchev–Trinajstić information content (AvgIpc) is 2.54. The summed E-state index contributed by atoms with van der Waals surface area (Å²) in [7, 11) is 1.54. The molecule has 1 aromatic carbocycles. The van der Waals surface area contributed by atoms with Gasteiger partial charge in [-0.1, -0.05) is 18.2 Å². The number of hydrogen-bond acceptors (Lipinski definition) is 5. The molecule has 1 heterocycles. The Morgan fingerprint density at radius 3 is 2.62 bits per heavy atom. The van der Waals surface area contributed by atoms with E-state index >= 15 is 0 Å². The highest BCUT2D eigenvalue weighted by Crippen LogP contribution is 2.25. The molecule has 6 heteroatoms. The van der Waals surface area contributed by atoms with E-state index in [-0.39, 0.29) is 19.1 Å². The van der Waals surface area contributed by atoms with Crippen molar-refractivity contribution in [1.82, 2.24) is 4.98 Å². The van der Waals surface area contributed by atoms with Gasteiger partial charge in [0.15, 0.2) is 18.1 Å². The summed E-state index contributed by atoms with van der Waals surface area (Å²) in [5, 5.41) is 11.5. The molecule has 2 rings (SSSR count). The van der Waals surface area contributed by atoms with Gasteiger partial charge in [0.05, 0.1) is 13.7 Å². The molecule has 1 aromatic heterocycles. The fourth-order valence-corrected chi connectivity index (χ4v) is 1.65. The number of aliphatic hydroxyl groups excluding tert-OH is 1. The van der Waals surface area contributed by atoms with Crippen LogP contribution in [0.25, 0.3) is 0 Å². The first-order chi connectivity index (χ1) is 10.2. The van der Waals surface area contributed by atoms with E-state index < -0.39 is 0 Å². The van der Waals surface area contributed by atoms with Crippen molar-refractivity contribution in [2.75, 3.05) is 19.0 Å². The van der Waals surface area contributed by atoms with E-state index in [0.29, 0.717) is 22.9 Å². The highest BCUT2D eigenvalue weighted by atomic mass is 16.5. The molecule has 110 valence electrons. The van der Waals surface area contributed by atoms with Crippen molar-refractivity contribution in [2.24, 2.45) is 0 Å². The molecule has 0 atom stereocenters. The standard InChI is InChI=1S/C15H16N2O4/c1-20-12-4-2-3-5-13(12)21-10-15(19)17-14-7-6-11(9-18)8-16-14/h2-8,18H,9-10H2,1H3,(H,16,17,19). The maximum absolute atomic E-state index is 11.8. The van der Waals surface area contributed by atoms with Gasteiger partial charge in [-0.05, 0) is 23.8 Å². The van der Waals surface area contributed by atoms with Gasteiger partial charge in [-0.3, -0.25) is 4.79 Å². The summed E-state index contributed by atoms with van der Waals surface area (Å²) >= 11 is 0. The molecule has 6 nitrogen and oxygen atoms in total. The molecule has 0 bridgehead atoms. The van der Waals surface area contributed by atoms with Gasteiger partial charge in [-0.25, -0.2) is 4.98 Å². The second-order valence-electron chi connectivity index (χ2n) is 4.20. The predicted molar refractivity (Wildman–Crippen MR) is 77.3 cm³/mol. The lowest BCUT2D eigenvalue weighted by Crippen LogP contribution is -2.20. The topological polar surface area (TPSA) is 80.7 Å². The fraction of sp³-hybridized carbons (Fsp3) is 0.200. The van der Waals surface area contributed by atoms with Crippen LogP contribution in [-0.2, 0) is 11.4 Å². The number of amides is 1. The Morgan fingerprint density at radius 2 is 2.00 bits per heavy atom. The number of nitrogens with one attached hydrogen (secondary N) is 1. The fourth-order valence-electron chi connectivity index (χ4n) is 1.65. The van der Waals surface area contributed by atoms with Crippen molar-refractivity contribution in [3.05, 3.63) is 48.2 Å². The van der Waals surface area contributed by atoms with Crippen LogP contribution in [0.1, 0.15) is 5.56 Å². The van der Waals surface area contributed by atoms with Crippen molar-refractivity contribution >= 4 is 11.7 Å². The number of rotatable bonds is 6. The van der Waals surface area contributed by atoms with Crippen LogP contribution in [-0.4, -0.2) is 29.7 Å². The second-order valence-corrected chi connectivity index (χ2v) is 4.20. The van der Waals surface area contributed by atoms with Gasteiger partial charge < -0.3 is 19.9 Å². The van der Waals surface area contributed by atoms with Gasteiger partial charge in [0.2, 0.25) is 0 Å². The molecule has 0 saturated carbocycles. The number of para-hydroxylation sites is 2. The number of nitrogens with zero attached hydrogens (tertiary/aromatic N) is 1. The van der Waals surface area contributed by atoms with Crippen LogP contribution in [0.2, 0.25) is 0 Å². The SMILES string of the molecule is COc1ccccc1OCC(=O)Nc1ccc(CO)cn1. The molecule has 0 fully saturated rings. The molecule has 0 spiro atoms. The van der Waals surface area contributed by atoms with E-state index in [0.717, 1.165) is 0 Å². The van der Waals surface area contributed by atoms with Gasteiger partial charge in [0, 0.05) is 6.20 Å². The van der Waals surface area contributed by atoms with Gasteiger partial charge >= 0.3 is 0 Å². The number of hydrogen-bond donors (Lipinski definition) is 2. The maximum Gasteiger partial charge on any atom is 0.263 e. The van der Waals surface area contributed by atoms with Gasteiger partial charge in [0.1, 0.15) is 5.82 Å². The molecule has 1 amide bonds. The lowest BCUT2D eigenvalue weighted by atomic mass is 10.3. The van der Waals surface area contributed by atoms with E-state index in [1.54, 1.807) is 30.3 Å². The Kier molecular flexibility index (Phi) is 5.11. The number of ether oxygens (including phenoxy) is 2. The summed E-state index contributed by atoms with van der Waals surface area (Å²) in [4.78, 5) is 15.8. The minimum atomic E-state index is -0.329. The van der Waals surface area contributed by atoms with Crippen LogP contribution >= 0.6 is 0 Å². The molecule has 0 radical (unpaired) electrons. The number of carbonyl (C=O) groups is 1. The third-order valence-corrected chi connectivity index (χ3v) is 2.70. The summed E-state index contributed by atoms with van der Waals surface area (Å²) in [6.07, 6.45) is 1.50. The van der Waals surface area contributed by atoms with E-state index in [9.17, 15) is 4.79 Å². The zero-order valence-electron chi connectivity index (χ0n) is 11.6. The quantitative estimate of drug-likeness (QED) is 0.844. The molecule has 0 aliphatic carbocycles. The predicted octanol–water partition coefficient (Wildman–Crippen LogP) is 1.60. The molecule has 0 aliphatic rings. The molecule has 21 heavy (non-hydrogen) atoms. The zero-order valence-corrected chi connectivity index (χ0v) is 11.6. The monoisotopic (exact) mass is 288 g/mol. The van der Waals surface area contributed by atoms with Crippen LogP contribution in [0, 0.1) is 0 Å². The minimum Gasteiger partial charge on any atom is -0.493 e. The van der Waals surface area contributed by atoms with Crippen LogP contribution in [0.5, 0.6) is 11.5 Å². The molecule has 0 saturated heterocycles. The highest BCUT2D eigenvalue weighted by molar-refractivity contribution is 5.90. The minimum absolute atomic E-state index is 0.0852. The Hall–Kier alpha value is -2.60. The summed E-state index contributed by atoms with van der Waals surface area (Å²) in [6.45, 7) is -0.234. The lowest BCUT2D eigenvalue weighted by molar-refractivity contribution is -0.118. The summed E-state index contributed by atoms with van der Waals surface area (Å²) in [5.74, 6) is 1.14. The van der Waals surface area contributed by atoms with Crippen LogP contribution < -0.4 is 14.8 Å². The molecular weight excluding hydrogens is 272 g/mol. The average molecular weight is 288 g/mol. The summed E-state index contributed by atoms with van der Waals surface area (Å²) in [6, 6.07) is 10.4. The smallest absolute Gasteiger partial charge is 0.263 e. The number of aromatic nitrogens is 1. The van der Waals surface area contributed by atoms with Crippen molar-refractivity contribution in [1.29, 1.82) is 0 Å². The third-order valence-electron chi connectivity index (χ3n) is 2.70. The third kappa shape index (κ3) is 4.19. The van der Waals surface area contributed by atoms with Gasteiger partial charge in [0.25, 0.3) is 5.91 Å². The second kappa shape index (κ2) is 7.25. The zero-order chi connectivity index (χ0) is 15.1. The molecule has 2 N–H and O–H groups in total. The normalized spacial score (nSPS) is 10.0. The highest BCUT2D eigenvalue weighted by Gasteiger charge is 2.07. The number of pyridine rings is 1. The Balaban J connectivity index is 1.89. The summed E-state index contributed by atoms with van der Waals surface area (Å²) in [5.41, 5.74) is 0.679. The Bertz CT molecular complexity index is 599. The van der Waals surface area contributed by atoms with Gasteiger partial charge in [-0.15, -0.1) is 0 Å². The van der Waals surface area contributed by atoms with Crippen molar-refractivity contribution in [3.63, 3.8) is 0 Å². The Labute approximate surface area is 122 Å². The van der Waals surface area contributed by atoms with E-state index in [1.165, 1.54) is 13.3 Å². The van der Waals surface area contributed by atoms with E-state index in [4.69, 9.17) is 14.6 Å². The number of carbonyl (C=O) groups excluding carboxylic acids is 1. The number of anilines is 1. The first-order valence-corrected chi connectivity index (χ1v) is 6.34. The molecule has 2 aromatic rings. The van der Waals surface area contributed by atoms with E-state index in [1.807, 2.05) is 6.07 Å². The number of benzene rings is 1. The van der Waals surface area contributed by atoms with Crippen LogP contribution in [0.3, 0.4) is 0 Å². The van der Waals surface area contributed by atoms with Crippen LogP contribution in [0.4, 0.5) is 5.82 Å². The molecule has 0 unspecified atom stereocenters. The molecule has 0 aliphatic heterocycles. The largest absolute Gasteiger partial charge is 0.493 e. The van der Waals surface area contributed by atoms with Crippen molar-refractivity contribution < 1.29 is 19.4 Å². The number of aliphatic hydroxyl groups is 1. The molecular formula is C15H16N2O4. The lowest BCUT2D eigenvalue weighted by Gasteiger charge is -2.10. The first kappa shape index (κ1) is 14.8. The first-order valence-electron chi connectivity index (χ1n) is 6.34. The van der Waals surface area contributed by atoms with Crippen LogP contribution in [0.15, 0.2) is 42.6 Å². The summed E-state index contributed by atoms with van der Waals surface area (Å²) < 4.78 is 10.5.